The van der Waals surface area contributed by atoms with Crippen LogP contribution in [0.1, 0.15) is 17.3 Å². The highest BCUT2D eigenvalue weighted by Gasteiger charge is 2.17. The van der Waals surface area contributed by atoms with Crippen LogP contribution < -0.4 is 4.74 Å². The summed E-state index contributed by atoms with van der Waals surface area (Å²) in [7, 11) is 1.58. The molecule has 4 heteroatoms. The Morgan fingerprint density at radius 3 is 2.71 bits per heavy atom. The first-order chi connectivity index (χ1) is 6.57. The van der Waals surface area contributed by atoms with E-state index in [1.165, 1.54) is 0 Å². The summed E-state index contributed by atoms with van der Waals surface area (Å²) in [6.07, 6.45) is 0. The van der Waals surface area contributed by atoms with Crippen LogP contribution in [0.3, 0.4) is 0 Å². The second-order valence-electron chi connectivity index (χ2n) is 2.80. The third kappa shape index (κ3) is 2.48. The van der Waals surface area contributed by atoms with Crippen LogP contribution in [0.2, 0.25) is 0 Å². The van der Waals surface area contributed by atoms with Crippen molar-refractivity contribution in [1.82, 2.24) is 0 Å². The van der Waals surface area contributed by atoms with Gasteiger partial charge in [-0.05, 0) is 41.6 Å². The summed E-state index contributed by atoms with van der Waals surface area (Å²) in [4.78, 5) is 11.6. The van der Waals surface area contributed by atoms with Gasteiger partial charge in [-0.25, -0.2) is 0 Å². The largest absolute Gasteiger partial charge is 0.495 e. The van der Waals surface area contributed by atoms with Crippen molar-refractivity contribution in [3.05, 3.63) is 27.3 Å². The number of Topliss-reactive ketones (excluding diaryl/α,β-unsaturated/α-hetero) is 1. The van der Waals surface area contributed by atoms with E-state index in [1.807, 2.05) is 19.1 Å². The molecular formula is C10H10BrIO2. The van der Waals surface area contributed by atoms with Crippen molar-refractivity contribution in [3.63, 3.8) is 0 Å². The zero-order chi connectivity index (χ0) is 10.7. The summed E-state index contributed by atoms with van der Waals surface area (Å²) < 4.78 is 6.15. The number of benzene rings is 1. The minimum Gasteiger partial charge on any atom is -0.495 e. The minimum absolute atomic E-state index is 0.0420. The summed E-state index contributed by atoms with van der Waals surface area (Å²) in [5.41, 5.74) is 0.628. The van der Waals surface area contributed by atoms with Gasteiger partial charge in [0.25, 0.3) is 0 Å². The lowest BCUT2D eigenvalue weighted by molar-refractivity contribution is 0.0993. The van der Waals surface area contributed by atoms with Gasteiger partial charge in [-0.1, -0.05) is 22.0 Å². The third-order valence-corrected chi connectivity index (χ3v) is 3.06. The van der Waals surface area contributed by atoms with E-state index in [9.17, 15) is 4.79 Å². The topological polar surface area (TPSA) is 26.3 Å². The molecule has 1 aromatic rings. The molecule has 0 radical (unpaired) electrons. The molecule has 0 aliphatic heterocycles. The first-order valence-electron chi connectivity index (χ1n) is 4.08. The lowest BCUT2D eigenvalue weighted by atomic mass is 10.1. The van der Waals surface area contributed by atoms with Crippen molar-refractivity contribution >= 4 is 44.3 Å². The van der Waals surface area contributed by atoms with Gasteiger partial charge in [0.1, 0.15) is 5.75 Å². The molecule has 1 rings (SSSR count). The van der Waals surface area contributed by atoms with Gasteiger partial charge in [0.2, 0.25) is 0 Å². The molecule has 1 unspecified atom stereocenters. The third-order valence-electron chi connectivity index (χ3n) is 1.80. The molecule has 0 aliphatic rings. The Balaban J connectivity index is 3.20. The molecule has 0 aromatic heterocycles. The van der Waals surface area contributed by atoms with Crippen molar-refractivity contribution < 1.29 is 9.53 Å². The Bertz CT molecular complexity index is 350. The minimum atomic E-state index is -0.186. The molecule has 1 atom stereocenters. The van der Waals surface area contributed by atoms with Gasteiger partial charge in [-0.2, -0.15) is 0 Å². The van der Waals surface area contributed by atoms with E-state index in [4.69, 9.17) is 4.74 Å². The molecule has 0 bridgehead atoms. The predicted molar refractivity (Wildman–Crippen MR) is 68.4 cm³/mol. The van der Waals surface area contributed by atoms with Crippen LogP contribution in [0.5, 0.6) is 5.75 Å². The molecule has 0 saturated carbocycles. The summed E-state index contributed by atoms with van der Waals surface area (Å²) in [6.45, 7) is 1.81. The maximum Gasteiger partial charge on any atom is 0.179 e. The van der Waals surface area contributed by atoms with E-state index < -0.39 is 0 Å². The molecule has 0 aliphatic carbocycles. The number of methoxy groups -OCH3 is 1. The molecule has 0 fully saturated rings. The quantitative estimate of drug-likeness (QED) is 0.465. The predicted octanol–water partition coefficient (Wildman–Crippen LogP) is 3.27. The molecule has 2 nitrogen and oxygen atoms in total. The van der Waals surface area contributed by atoms with E-state index in [2.05, 4.69) is 38.5 Å². The Hall–Kier alpha value is -0.100. The Kier molecular flexibility index (Phi) is 4.37. The SMILES string of the molecule is COc1c(I)cccc1C(=O)C(C)Br. The van der Waals surface area contributed by atoms with E-state index in [0.29, 0.717) is 11.3 Å². The second kappa shape index (κ2) is 5.11. The van der Waals surface area contributed by atoms with Crippen molar-refractivity contribution in [2.24, 2.45) is 0 Å². The van der Waals surface area contributed by atoms with Crippen molar-refractivity contribution in [3.8, 4) is 5.75 Å². The lowest BCUT2D eigenvalue weighted by Gasteiger charge is -2.10. The van der Waals surface area contributed by atoms with Crippen LogP contribution in [0.15, 0.2) is 18.2 Å². The standard InChI is InChI=1S/C10H10BrIO2/c1-6(11)9(13)7-4-3-5-8(12)10(7)14-2/h3-6H,1-2H3. The van der Waals surface area contributed by atoms with E-state index in [1.54, 1.807) is 13.2 Å². The fourth-order valence-electron chi connectivity index (χ4n) is 1.12. The van der Waals surface area contributed by atoms with Gasteiger partial charge in [0, 0.05) is 0 Å². The lowest BCUT2D eigenvalue weighted by Crippen LogP contribution is -2.11. The van der Waals surface area contributed by atoms with Gasteiger partial charge in [-0.15, -0.1) is 0 Å². The molecule has 76 valence electrons. The first kappa shape index (κ1) is 12.0. The first-order valence-corrected chi connectivity index (χ1v) is 6.08. The maximum atomic E-state index is 11.7. The van der Waals surface area contributed by atoms with Crippen LogP contribution in [0, 0.1) is 3.57 Å². The number of ether oxygens (including phenoxy) is 1. The van der Waals surface area contributed by atoms with E-state index >= 15 is 0 Å². The smallest absolute Gasteiger partial charge is 0.179 e. The average Bonchev–Trinajstić information content (AvgIpc) is 2.16. The van der Waals surface area contributed by atoms with Crippen LogP contribution in [0.25, 0.3) is 0 Å². The molecule has 0 amide bonds. The summed E-state index contributed by atoms with van der Waals surface area (Å²) in [5.74, 6) is 0.699. The van der Waals surface area contributed by atoms with E-state index in [0.717, 1.165) is 3.57 Å². The molecule has 0 heterocycles. The summed E-state index contributed by atoms with van der Waals surface area (Å²) in [6, 6.07) is 5.54. The van der Waals surface area contributed by atoms with Crippen LogP contribution in [-0.2, 0) is 0 Å². The number of para-hydroxylation sites is 1. The molecule has 0 spiro atoms. The number of carbonyl (C=O) groups is 1. The van der Waals surface area contributed by atoms with Crippen molar-refractivity contribution in [1.29, 1.82) is 0 Å². The van der Waals surface area contributed by atoms with Crippen LogP contribution in [-0.4, -0.2) is 17.7 Å². The number of halogens is 2. The fourth-order valence-corrected chi connectivity index (χ4v) is 2.09. The van der Waals surface area contributed by atoms with Crippen molar-refractivity contribution in [2.75, 3.05) is 7.11 Å². The molecular weight excluding hydrogens is 359 g/mol. The molecule has 1 aromatic carbocycles. The Labute approximate surface area is 105 Å². The van der Waals surface area contributed by atoms with Crippen LogP contribution >= 0.6 is 38.5 Å². The summed E-state index contributed by atoms with van der Waals surface area (Å²) in [5, 5.41) is 0. The number of alkyl halides is 1. The molecule has 14 heavy (non-hydrogen) atoms. The normalized spacial score (nSPS) is 12.3. The highest BCUT2D eigenvalue weighted by Crippen LogP contribution is 2.27. The average molecular weight is 369 g/mol. The molecule has 0 saturated heterocycles. The zero-order valence-electron chi connectivity index (χ0n) is 7.88. The fraction of sp³-hybridized carbons (Fsp3) is 0.300. The van der Waals surface area contributed by atoms with Gasteiger partial charge in [-0.3, -0.25) is 4.79 Å². The summed E-state index contributed by atoms with van der Waals surface area (Å²) >= 11 is 5.41. The van der Waals surface area contributed by atoms with Gasteiger partial charge in [0.05, 0.1) is 21.1 Å². The molecule has 0 N–H and O–H groups in total. The highest BCUT2D eigenvalue weighted by atomic mass is 127. The number of hydrogen-bond acceptors (Lipinski definition) is 2. The monoisotopic (exact) mass is 368 g/mol. The van der Waals surface area contributed by atoms with E-state index in [-0.39, 0.29) is 10.6 Å². The van der Waals surface area contributed by atoms with Crippen LogP contribution in [0.4, 0.5) is 0 Å². The van der Waals surface area contributed by atoms with Gasteiger partial charge < -0.3 is 4.74 Å². The number of carbonyl (C=O) groups excluding carboxylic acids is 1. The second-order valence-corrected chi connectivity index (χ2v) is 5.34. The van der Waals surface area contributed by atoms with Crippen molar-refractivity contribution in [2.45, 2.75) is 11.8 Å². The highest BCUT2D eigenvalue weighted by molar-refractivity contribution is 14.1. The Morgan fingerprint density at radius 2 is 2.21 bits per heavy atom. The maximum absolute atomic E-state index is 11.7. The van der Waals surface area contributed by atoms with Gasteiger partial charge in [0.15, 0.2) is 5.78 Å². The number of rotatable bonds is 3. The van der Waals surface area contributed by atoms with Gasteiger partial charge >= 0.3 is 0 Å². The number of ketones is 1. The number of hydrogen-bond donors (Lipinski definition) is 0. The Morgan fingerprint density at radius 1 is 1.57 bits per heavy atom. The zero-order valence-corrected chi connectivity index (χ0v) is 11.6.